The Bertz CT molecular complexity index is 583. The Morgan fingerprint density at radius 1 is 1.29 bits per heavy atom. The first kappa shape index (κ1) is 17.4. The number of thiazole rings is 1. The number of hydrogen-bond donors (Lipinski definition) is 0. The lowest BCUT2D eigenvalue weighted by molar-refractivity contribution is 0.850. The lowest BCUT2D eigenvalue weighted by atomic mass is 10.1. The lowest BCUT2D eigenvalue weighted by Crippen LogP contribution is -1.90. The maximum Gasteiger partial charge on any atom is 0.0964 e. The van der Waals surface area contributed by atoms with E-state index in [1.54, 1.807) is 17.4 Å². The predicted molar refractivity (Wildman–Crippen MR) is 97.7 cm³/mol. The van der Waals surface area contributed by atoms with Crippen LogP contribution in [-0.2, 0) is 0 Å². The topological polar surface area (TPSA) is 12.9 Å². The van der Waals surface area contributed by atoms with Crippen molar-refractivity contribution in [3.05, 3.63) is 65.2 Å². The minimum atomic E-state index is 0.422. The number of rotatable bonds is 7. The monoisotopic (exact) mass is 299 g/mol. The molecule has 0 unspecified atom stereocenters. The van der Waals surface area contributed by atoms with Crippen LogP contribution < -0.4 is 0 Å². The van der Waals surface area contributed by atoms with Gasteiger partial charge in [0.2, 0.25) is 0 Å². The molecule has 1 rings (SSSR count). The van der Waals surface area contributed by atoms with Crippen LogP contribution in [0.4, 0.5) is 0 Å². The molecule has 1 nitrogen and oxygen atoms in total. The summed E-state index contributed by atoms with van der Waals surface area (Å²) in [5, 5.41) is 1.15. The summed E-state index contributed by atoms with van der Waals surface area (Å²) >= 11 is 1.74. The molecule has 0 aromatic carbocycles. The van der Waals surface area contributed by atoms with E-state index in [4.69, 9.17) is 4.98 Å². The minimum absolute atomic E-state index is 0.422. The van der Waals surface area contributed by atoms with E-state index < -0.39 is 0 Å². The molecule has 1 aromatic heterocycles. The van der Waals surface area contributed by atoms with Gasteiger partial charge in [-0.25, -0.2) is 4.98 Å². The van der Waals surface area contributed by atoms with Gasteiger partial charge in [0.1, 0.15) is 0 Å². The average Bonchev–Trinajstić information content (AvgIpc) is 2.91. The zero-order chi connectivity index (χ0) is 15.8. The Labute approximate surface area is 133 Å². The van der Waals surface area contributed by atoms with Crippen molar-refractivity contribution < 1.29 is 0 Å². The first-order chi connectivity index (χ1) is 10.1. The van der Waals surface area contributed by atoms with Crippen LogP contribution in [0, 0.1) is 0 Å². The van der Waals surface area contributed by atoms with Crippen LogP contribution in [0.2, 0.25) is 0 Å². The summed E-state index contributed by atoms with van der Waals surface area (Å²) in [5.41, 5.74) is 3.28. The second-order valence-corrected chi connectivity index (χ2v) is 6.03. The van der Waals surface area contributed by atoms with E-state index in [0.717, 1.165) is 28.3 Å². The fraction of sp³-hybridized carbons (Fsp3) is 0.316. The Morgan fingerprint density at radius 3 is 2.48 bits per heavy atom. The van der Waals surface area contributed by atoms with Gasteiger partial charge in [0.25, 0.3) is 0 Å². The molecule has 0 N–H and O–H groups in total. The minimum Gasteiger partial charge on any atom is -0.240 e. The highest BCUT2D eigenvalue weighted by molar-refractivity contribution is 7.13. The van der Waals surface area contributed by atoms with E-state index in [1.165, 1.54) is 4.88 Å². The highest BCUT2D eigenvalue weighted by Crippen LogP contribution is 2.35. The van der Waals surface area contributed by atoms with Crippen LogP contribution >= 0.6 is 11.3 Å². The Kier molecular flexibility index (Phi) is 7.10. The molecule has 0 radical (unpaired) electrons. The van der Waals surface area contributed by atoms with E-state index in [2.05, 4.69) is 59.1 Å². The van der Waals surface area contributed by atoms with Gasteiger partial charge in [0, 0.05) is 5.92 Å². The molecule has 112 valence electrons. The molecule has 1 heterocycles. The zero-order valence-corrected chi connectivity index (χ0v) is 14.3. The summed E-state index contributed by atoms with van der Waals surface area (Å²) in [6.07, 6.45) is 13.1. The molecule has 0 saturated carbocycles. The Hall–Kier alpha value is -1.67. The summed E-state index contributed by atoms with van der Waals surface area (Å²) in [7, 11) is 0. The summed E-state index contributed by atoms with van der Waals surface area (Å²) in [6, 6.07) is 0. The van der Waals surface area contributed by atoms with Gasteiger partial charge in [-0.05, 0) is 24.5 Å². The fourth-order valence-electron chi connectivity index (χ4n) is 1.90. The molecular formula is C19H25NS. The predicted octanol–water partition coefficient (Wildman–Crippen LogP) is 6.39. The van der Waals surface area contributed by atoms with Crippen LogP contribution in [0.3, 0.4) is 0 Å². The first-order valence-electron chi connectivity index (χ1n) is 7.38. The van der Waals surface area contributed by atoms with Crippen molar-refractivity contribution in [3.8, 4) is 0 Å². The third kappa shape index (κ3) is 4.40. The highest BCUT2D eigenvalue weighted by atomic mass is 32.1. The van der Waals surface area contributed by atoms with Gasteiger partial charge in [-0.2, -0.15) is 0 Å². The first-order valence-corrected chi connectivity index (χ1v) is 8.20. The molecule has 0 amide bonds. The van der Waals surface area contributed by atoms with Gasteiger partial charge < -0.3 is 0 Å². The van der Waals surface area contributed by atoms with Crippen molar-refractivity contribution in [1.82, 2.24) is 4.98 Å². The molecule has 0 fully saturated rings. The zero-order valence-electron chi connectivity index (χ0n) is 13.5. The van der Waals surface area contributed by atoms with E-state index in [0.29, 0.717) is 5.92 Å². The maximum atomic E-state index is 4.86. The molecule has 0 bridgehead atoms. The van der Waals surface area contributed by atoms with Gasteiger partial charge >= 0.3 is 0 Å². The van der Waals surface area contributed by atoms with Crippen LogP contribution in [-0.4, -0.2) is 4.98 Å². The SMILES string of the molecule is C=C/C=C(\C=C)c1sc(C(C)C)nc1C(/C=C\CC)=C/C. The number of nitrogens with zero attached hydrogens (tertiary/aromatic N) is 1. The normalized spacial score (nSPS) is 13.2. The molecule has 21 heavy (non-hydrogen) atoms. The molecule has 0 saturated heterocycles. The number of aromatic nitrogens is 1. The molecule has 0 spiro atoms. The third-order valence-electron chi connectivity index (χ3n) is 3.03. The van der Waals surface area contributed by atoms with Gasteiger partial charge in [-0.15, -0.1) is 11.3 Å². The smallest absolute Gasteiger partial charge is 0.0964 e. The van der Waals surface area contributed by atoms with Crippen molar-refractivity contribution in [3.63, 3.8) is 0 Å². The Balaban J connectivity index is 3.48. The van der Waals surface area contributed by atoms with Crippen molar-refractivity contribution >= 4 is 22.5 Å². The summed E-state index contributed by atoms with van der Waals surface area (Å²) in [5.74, 6) is 0.422. The maximum absolute atomic E-state index is 4.86. The van der Waals surface area contributed by atoms with Crippen LogP contribution in [0.25, 0.3) is 11.1 Å². The van der Waals surface area contributed by atoms with Crippen LogP contribution in [0.5, 0.6) is 0 Å². The van der Waals surface area contributed by atoms with E-state index in [1.807, 2.05) is 12.2 Å². The van der Waals surface area contributed by atoms with Crippen LogP contribution in [0.15, 0.2) is 49.6 Å². The Morgan fingerprint density at radius 2 is 2.00 bits per heavy atom. The highest BCUT2D eigenvalue weighted by Gasteiger charge is 2.16. The molecule has 0 aliphatic carbocycles. The molecule has 0 aliphatic rings. The molecular weight excluding hydrogens is 274 g/mol. The molecule has 1 aromatic rings. The van der Waals surface area contributed by atoms with Gasteiger partial charge in [-0.1, -0.05) is 70.4 Å². The quantitative estimate of drug-likeness (QED) is 0.531. The van der Waals surface area contributed by atoms with Crippen LogP contribution in [0.1, 0.15) is 55.6 Å². The van der Waals surface area contributed by atoms with Crippen molar-refractivity contribution in [2.75, 3.05) is 0 Å². The largest absolute Gasteiger partial charge is 0.240 e. The van der Waals surface area contributed by atoms with E-state index in [-0.39, 0.29) is 0 Å². The van der Waals surface area contributed by atoms with Crippen molar-refractivity contribution in [2.45, 2.75) is 40.0 Å². The fourth-order valence-corrected chi connectivity index (χ4v) is 3.01. The third-order valence-corrected chi connectivity index (χ3v) is 4.44. The molecule has 0 aliphatic heterocycles. The molecule has 0 atom stereocenters. The average molecular weight is 299 g/mol. The van der Waals surface area contributed by atoms with E-state index >= 15 is 0 Å². The van der Waals surface area contributed by atoms with E-state index in [9.17, 15) is 0 Å². The lowest BCUT2D eigenvalue weighted by Gasteiger charge is -2.03. The standard InChI is InChI=1S/C19H25NS/c1-7-11-13-15(9-3)17-18(16(10-4)12-8-2)21-19(20-17)14(5)6/h8-14H,2,4,7H2,1,3,5-6H3/b13-11-,15-9+,16-12+. The second kappa shape index (κ2) is 8.58. The molecule has 2 heteroatoms. The van der Waals surface area contributed by atoms with Crippen molar-refractivity contribution in [2.24, 2.45) is 0 Å². The number of hydrogen-bond acceptors (Lipinski definition) is 2. The van der Waals surface area contributed by atoms with Crippen molar-refractivity contribution in [1.29, 1.82) is 0 Å². The summed E-state index contributed by atoms with van der Waals surface area (Å²) < 4.78 is 0. The second-order valence-electron chi connectivity index (χ2n) is 5.00. The van der Waals surface area contributed by atoms with Gasteiger partial charge in [-0.3, -0.25) is 0 Å². The van der Waals surface area contributed by atoms with Gasteiger partial charge in [0.05, 0.1) is 15.6 Å². The summed E-state index contributed by atoms with van der Waals surface area (Å²) in [6.45, 7) is 16.3. The van der Waals surface area contributed by atoms with Gasteiger partial charge in [0.15, 0.2) is 0 Å². The number of allylic oxidation sites excluding steroid dienone is 8. The summed E-state index contributed by atoms with van der Waals surface area (Å²) in [4.78, 5) is 6.03.